The summed E-state index contributed by atoms with van der Waals surface area (Å²) in [6, 6.07) is 38.1. The van der Waals surface area contributed by atoms with Crippen molar-refractivity contribution in [3.63, 3.8) is 0 Å². The van der Waals surface area contributed by atoms with Gasteiger partial charge in [0.15, 0.2) is 0 Å². The van der Waals surface area contributed by atoms with E-state index in [2.05, 4.69) is 123 Å². The summed E-state index contributed by atoms with van der Waals surface area (Å²) in [6.45, 7) is 4.79. The van der Waals surface area contributed by atoms with E-state index in [1.165, 1.54) is 27.6 Å². The maximum atomic E-state index is 2.48. The minimum atomic E-state index is -0.850. The molecule has 0 aliphatic heterocycles. The van der Waals surface area contributed by atoms with Gasteiger partial charge in [0.1, 0.15) is 0 Å². The SMILES string of the molecule is CC1=Cc2c(-c3ccccc3)cccc2[CH]1[Zr][CH]1C(C)=C(Pc2ccccc2)c2ccccc21. The molecule has 6 rings (SSSR count). The zero-order valence-corrected chi connectivity index (χ0v) is 23.0. The molecule has 0 aromatic heterocycles. The van der Waals surface area contributed by atoms with E-state index in [9.17, 15) is 0 Å². The Morgan fingerprint density at radius 3 is 2.06 bits per heavy atom. The average molecular weight is 534 g/mol. The molecule has 0 heterocycles. The van der Waals surface area contributed by atoms with Gasteiger partial charge in [-0.2, -0.15) is 0 Å². The van der Waals surface area contributed by atoms with Crippen LogP contribution in [0.1, 0.15) is 43.4 Å². The fourth-order valence-electron chi connectivity index (χ4n) is 5.42. The third kappa shape index (κ3) is 3.94. The molecule has 0 fully saturated rings. The molecule has 0 saturated heterocycles. The molecule has 2 heteroatoms. The quantitative estimate of drug-likeness (QED) is 0.226. The molecule has 0 saturated carbocycles. The molecule has 164 valence electrons. The van der Waals surface area contributed by atoms with Crippen molar-refractivity contribution in [2.24, 2.45) is 0 Å². The molecule has 0 nitrogen and oxygen atoms in total. The summed E-state index contributed by atoms with van der Waals surface area (Å²) in [6.07, 6.45) is 2.48. The van der Waals surface area contributed by atoms with E-state index in [4.69, 9.17) is 0 Å². The fraction of sp³-hybridized carbons (Fsp3) is 0.125. The Morgan fingerprint density at radius 1 is 0.618 bits per heavy atom. The van der Waals surface area contributed by atoms with Crippen LogP contribution in [0.4, 0.5) is 0 Å². The first-order valence-electron chi connectivity index (χ1n) is 12.0. The van der Waals surface area contributed by atoms with Crippen molar-refractivity contribution in [2.45, 2.75) is 21.1 Å². The van der Waals surface area contributed by atoms with Gasteiger partial charge in [-0.05, 0) is 0 Å². The van der Waals surface area contributed by atoms with Gasteiger partial charge in [-0.3, -0.25) is 0 Å². The maximum absolute atomic E-state index is 2.48. The normalized spacial score (nSPS) is 18.8. The summed E-state index contributed by atoms with van der Waals surface area (Å²) >= 11 is -0.850. The van der Waals surface area contributed by atoms with E-state index in [-0.39, 0.29) is 0 Å². The van der Waals surface area contributed by atoms with E-state index >= 15 is 0 Å². The predicted octanol–water partition coefficient (Wildman–Crippen LogP) is 8.38. The molecule has 34 heavy (non-hydrogen) atoms. The van der Waals surface area contributed by atoms with Crippen molar-refractivity contribution < 1.29 is 23.2 Å². The summed E-state index contributed by atoms with van der Waals surface area (Å²) in [4.78, 5) is 0. The van der Waals surface area contributed by atoms with Gasteiger partial charge in [0.2, 0.25) is 0 Å². The topological polar surface area (TPSA) is 0 Å². The van der Waals surface area contributed by atoms with Crippen LogP contribution in [0.15, 0.2) is 114 Å². The summed E-state index contributed by atoms with van der Waals surface area (Å²) < 4.78 is 1.28. The van der Waals surface area contributed by atoms with Crippen LogP contribution in [0, 0.1) is 0 Å². The number of hydrogen-bond acceptors (Lipinski definition) is 0. The first kappa shape index (κ1) is 22.2. The van der Waals surface area contributed by atoms with E-state index in [1.807, 2.05) is 0 Å². The fourth-order valence-corrected chi connectivity index (χ4v) is 11.9. The van der Waals surface area contributed by atoms with Crippen LogP contribution in [0.3, 0.4) is 0 Å². The molecule has 0 amide bonds. The predicted molar refractivity (Wildman–Crippen MR) is 144 cm³/mol. The zero-order chi connectivity index (χ0) is 23.1. The van der Waals surface area contributed by atoms with Crippen molar-refractivity contribution in [2.75, 3.05) is 0 Å². The number of allylic oxidation sites excluding steroid dienone is 2. The molecule has 3 unspecified atom stereocenters. The molecule has 4 aromatic carbocycles. The van der Waals surface area contributed by atoms with Crippen LogP contribution < -0.4 is 5.30 Å². The van der Waals surface area contributed by atoms with Gasteiger partial charge < -0.3 is 0 Å². The third-order valence-corrected chi connectivity index (χ3v) is 14.0. The van der Waals surface area contributed by atoms with Crippen LogP contribution in [0.2, 0.25) is 0 Å². The molecular weight excluding hydrogens is 507 g/mol. The average Bonchev–Trinajstić information content (AvgIpc) is 3.34. The molecule has 0 N–H and O–H groups in total. The Morgan fingerprint density at radius 2 is 1.26 bits per heavy atom. The second-order valence-corrected chi connectivity index (χ2v) is 14.2. The van der Waals surface area contributed by atoms with Gasteiger partial charge in [0, 0.05) is 0 Å². The number of fused-ring (bicyclic) bond motifs is 2. The molecule has 2 aliphatic carbocycles. The summed E-state index contributed by atoms with van der Waals surface area (Å²) in [5.41, 5.74) is 12.0. The Labute approximate surface area is 216 Å². The molecule has 2 aliphatic rings. The van der Waals surface area contributed by atoms with Gasteiger partial charge in [-0.25, -0.2) is 0 Å². The Hall–Kier alpha value is -2.33. The van der Waals surface area contributed by atoms with Crippen LogP contribution in [-0.4, -0.2) is 0 Å². The molecule has 4 aromatic rings. The van der Waals surface area contributed by atoms with Gasteiger partial charge in [-0.1, -0.05) is 0 Å². The van der Waals surface area contributed by atoms with Crippen LogP contribution >= 0.6 is 8.58 Å². The van der Waals surface area contributed by atoms with E-state index in [0.717, 1.165) is 8.58 Å². The van der Waals surface area contributed by atoms with Gasteiger partial charge >= 0.3 is 217 Å². The monoisotopic (exact) mass is 532 g/mol. The number of hydrogen-bond donors (Lipinski definition) is 0. The number of rotatable bonds is 5. The minimum absolute atomic E-state index is 0.634. The molecular formula is C32H27PZr. The number of benzene rings is 4. The van der Waals surface area contributed by atoms with Crippen LogP contribution in [0.5, 0.6) is 0 Å². The first-order valence-corrected chi connectivity index (χ1v) is 15.8. The molecule has 0 bridgehead atoms. The molecule has 3 atom stereocenters. The van der Waals surface area contributed by atoms with Crippen molar-refractivity contribution in [3.05, 3.63) is 137 Å². The summed E-state index contributed by atoms with van der Waals surface area (Å²) in [7, 11) is 0.733. The van der Waals surface area contributed by atoms with Crippen molar-refractivity contribution >= 4 is 25.3 Å². The Kier molecular flexibility index (Phi) is 6.11. The van der Waals surface area contributed by atoms with E-state index in [1.54, 1.807) is 27.6 Å². The third-order valence-electron chi connectivity index (χ3n) is 7.11. The standard InChI is InChI=1S/C16H14P.C16H13.Zr/c1-12-11-13-7-5-6-10-15(13)16(12)17-14-8-3-2-4-9-14;1-12-10-14-8-5-9-15(16(14)11-12)13-6-3-2-4-7-13;/h2-11,17H,1H3;2-11H,1H3;. The first-order chi connectivity index (χ1) is 16.7. The molecule has 0 radical (unpaired) electrons. The van der Waals surface area contributed by atoms with Crippen LogP contribution in [0.25, 0.3) is 22.5 Å². The van der Waals surface area contributed by atoms with Gasteiger partial charge in [-0.15, -0.1) is 0 Å². The van der Waals surface area contributed by atoms with E-state index < -0.39 is 23.2 Å². The zero-order valence-electron chi connectivity index (χ0n) is 19.5. The second-order valence-electron chi connectivity index (χ2n) is 9.23. The van der Waals surface area contributed by atoms with Crippen molar-refractivity contribution in [1.82, 2.24) is 0 Å². The van der Waals surface area contributed by atoms with Gasteiger partial charge in [0.25, 0.3) is 0 Å². The molecule has 0 spiro atoms. The van der Waals surface area contributed by atoms with E-state index in [0.29, 0.717) is 7.25 Å². The second kappa shape index (κ2) is 9.37. The Balaban J connectivity index is 1.37. The summed E-state index contributed by atoms with van der Waals surface area (Å²) in [5, 5.41) is 3.03. The summed E-state index contributed by atoms with van der Waals surface area (Å²) in [5.74, 6) is 0. The van der Waals surface area contributed by atoms with Crippen molar-refractivity contribution in [3.8, 4) is 11.1 Å². The van der Waals surface area contributed by atoms with Crippen molar-refractivity contribution in [1.29, 1.82) is 0 Å². The Bertz CT molecular complexity index is 1420. The van der Waals surface area contributed by atoms with Crippen LogP contribution in [-0.2, 0) is 23.2 Å². The van der Waals surface area contributed by atoms with Gasteiger partial charge in [0.05, 0.1) is 0 Å².